The maximum absolute atomic E-state index is 13.7. The van der Waals surface area contributed by atoms with Gasteiger partial charge in [-0.1, -0.05) is 19.3 Å². The van der Waals surface area contributed by atoms with Gasteiger partial charge in [0.25, 0.3) is 5.91 Å². The summed E-state index contributed by atoms with van der Waals surface area (Å²) in [6.45, 7) is 1.17. The van der Waals surface area contributed by atoms with Crippen LogP contribution in [0.15, 0.2) is 0 Å². The predicted octanol–water partition coefficient (Wildman–Crippen LogP) is 4.30. The Kier molecular flexibility index (Phi) is 10.6. The zero-order valence-corrected chi connectivity index (χ0v) is 21.7. The van der Waals surface area contributed by atoms with Crippen molar-refractivity contribution in [3.8, 4) is 0 Å². The van der Waals surface area contributed by atoms with Crippen molar-refractivity contribution >= 4 is 15.9 Å². The number of alkyl halides is 5. The van der Waals surface area contributed by atoms with E-state index >= 15 is 0 Å². The molecule has 0 saturated carbocycles. The maximum atomic E-state index is 13.7. The van der Waals surface area contributed by atoms with Crippen molar-refractivity contribution < 1.29 is 49.5 Å². The monoisotopic (exact) mass is 564 g/mol. The number of hydrogen-bond donors (Lipinski definition) is 1. The quantitative estimate of drug-likeness (QED) is 0.229. The highest BCUT2D eigenvalue weighted by atomic mass is 32.2. The van der Waals surface area contributed by atoms with Crippen LogP contribution in [0.3, 0.4) is 0 Å². The number of piperidine rings is 1. The fourth-order valence-corrected chi connectivity index (χ4v) is 7.25. The summed E-state index contributed by atoms with van der Waals surface area (Å²) in [6, 6.07) is 0. The van der Waals surface area contributed by atoms with Gasteiger partial charge in [-0.3, -0.25) is 4.79 Å². The van der Waals surface area contributed by atoms with E-state index in [4.69, 9.17) is 14.3 Å². The van der Waals surface area contributed by atoms with Crippen LogP contribution in [0, 0.1) is 5.92 Å². The Morgan fingerprint density at radius 1 is 0.973 bits per heavy atom. The molecule has 216 valence electrons. The Morgan fingerprint density at radius 3 is 2.24 bits per heavy atom. The average Bonchev–Trinajstić information content (AvgIpc) is 2.87. The van der Waals surface area contributed by atoms with E-state index in [1.54, 1.807) is 0 Å². The van der Waals surface area contributed by atoms with Gasteiger partial charge in [0.15, 0.2) is 11.0 Å². The number of hydroxylamine groups is 1. The molecule has 37 heavy (non-hydrogen) atoms. The second kappa shape index (κ2) is 12.8. The Balaban J connectivity index is 1.49. The first-order valence-electron chi connectivity index (χ1n) is 13.0. The molecule has 3 saturated heterocycles. The Bertz CT molecular complexity index is 837. The SMILES string of the molecule is O=C(NOC1CCCCO1)C1(S(=O)(=O)N2CCC(CCCCCC(F)(F)C(F)(F)F)CC2)CCOCC1. The van der Waals surface area contributed by atoms with Crippen molar-refractivity contribution in [2.45, 2.75) is 100 Å². The molecule has 14 heteroatoms. The van der Waals surface area contributed by atoms with Crippen molar-refractivity contribution in [3.05, 3.63) is 0 Å². The standard InChI is InChI=1S/C23H37F5N2O6S/c24-22(25,23(26,27)28)10-4-1-2-6-18-8-13-30(14-9-18)37(32,33)21(11-16-34-17-12-21)20(31)29-36-19-7-3-5-15-35-19/h18-19H,1-17H2,(H,29,31). The van der Waals surface area contributed by atoms with E-state index in [0.717, 1.165) is 12.8 Å². The van der Waals surface area contributed by atoms with E-state index in [-0.39, 0.29) is 57.9 Å². The molecule has 3 aliphatic heterocycles. The predicted molar refractivity (Wildman–Crippen MR) is 123 cm³/mol. The number of nitrogens with zero attached hydrogens (tertiary/aromatic N) is 1. The largest absolute Gasteiger partial charge is 0.453 e. The number of rotatable bonds is 11. The number of halogens is 5. The number of sulfonamides is 1. The van der Waals surface area contributed by atoms with Crippen molar-refractivity contribution in [2.24, 2.45) is 5.92 Å². The smallest absolute Gasteiger partial charge is 0.381 e. The molecule has 3 rings (SSSR count). The number of unbranched alkanes of at least 4 members (excludes halogenated alkanes) is 2. The molecule has 1 amide bonds. The van der Waals surface area contributed by atoms with Crippen LogP contribution in [0.2, 0.25) is 0 Å². The lowest BCUT2D eigenvalue weighted by Crippen LogP contribution is -2.61. The van der Waals surface area contributed by atoms with Crippen LogP contribution < -0.4 is 5.48 Å². The van der Waals surface area contributed by atoms with E-state index in [2.05, 4.69) is 5.48 Å². The van der Waals surface area contributed by atoms with Crippen molar-refractivity contribution in [3.63, 3.8) is 0 Å². The first-order chi connectivity index (χ1) is 17.4. The molecule has 0 aromatic carbocycles. The molecule has 3 fully saturated rings. The normalized spacial score (nSPS) is 24.6. The van der Waals surface area contributed by atoms with Gasteiger partial charge in [-0.15, -0.1) is 0 Å². The molecule has 3 aliphatic rings. The average molecular weight is 565 g/mol. The van der Waals surface area contributed by atoms with Crippen LogP contribution in [0.5, 0.6) is 0 Å². The second-order valence-corrected chi connectivity index (χ2v) is 12.3. The lowest BCUT2D eigenvalue weighted by Gasteiger charge is -2.41. The molecule has 0 radical (unpaired) electrons. The third-order valence-electron chi connectivity index (χ3n) is 7.56. The number of amides is 1. The molecule has 0 spiro atoms. The topological polar surface area (TPSA) is 94.2 Å². The summed E-state index contributed by atoms with van der Waals surface area (Å²) in [5.74, 6) is -5.27. The summed E-state index contributed by atoms with van der Waals surface area (Å²) in [5, 5.41) is 0. The fourth-order valence-electron chi connectivity index (χ4n) is 5.10. The Hall–Kier alpha value is -1.09. The van der Waals surface area contributed by atoms with Crippen LogP contribution >= 0.6 is 0 Å². The third-order valence-corrected chi connectivity index (χ3v) is 10.2. The minimum atomic E-state index is -5.53. The van der Waals surface area contributed by atoms with Crippen molar-refractivity contribution in [2.75, 3.05) is 32.9 Å². The van der Waals surface area contributed by atoms with Gasteiger partial charge < -0.3 is 9.47 Å². The minimum absolute atomic E-state index is 0.00145. The molecule has 8 nitrogen and oxygen atoms in total. The van der Waals surface area contributed by atoms with E-state index in [1.165, 1.54) is 4.31 Å². The molecule has 0 aromatic rings. The van der Waals surface area contributed by atoms with E-state index < -0.39 is 45.5 Å². The number of ether oxygens (including phenoxy) is 2. The lowest BCUT2D eigenvalue weighted by atomic mass is 9.92. The zero-order chi connectivity index (χ0) is 27.2. The molecule has 3 heterocycles. The van der Waals surface area contributed by atoms with E-state index in [0.29, 0.717) is 38.7 Å². The zero-order valence-electron chi connectivity index (χ0n) is 20.9. The molecule has 1 N–H and O–H groups in total. The second-order valence-electron chi connectivity index (χ2n) is 10.1. The molecular formula is C23H37F5N2O6S. The van der Waals surface area contributed by atoms with Gasteiger partial charge in [-0.25, -0.2) is 23.0 Å². The molecule has 0 bridgehead atoms. The van der Waals surface area contributed by atoms with E-state index in [9.17, 15) is 35.2 Å². The van der Waals surface area contributed by atoms with Gasteiger partial charge in [0.1, 0.15) is 0 Å². The third kappa shape index (κ3) is 7.52. The summed E-state index contributed by atoms with van der Waals surface area (Å²) < 4.78 is 101. The summed E-state index contributed by atoms with van der Waals surface area (Å²) in [4.78, 5) is 18.5. The van der Waals surface area contributed by atoms with Crippen LogP contribution in [0.25, 0.3) is 0 Å². The summed E-state index contributed by atoms with van der Waals surface area (Å²) in [5.41, 5.74) is 2.33. The van der Waals surface area contributed by atoms with Gasteiger partial charge in [0.2, 0.25) is 10.0 Å². The highest BCUT2D eigenvalue weighted by Crippen LogP contribution is 2.40. The highest BCUT2D eigenvalue weighted by Gasteiger charge is 2.56. The Labute approximate surface area is 214 Å². The van der Waals surface area contributed by atoms with Crippen LogP contribution in [0.1, 0.15) is 77.0 Å². The Morgan fingerprint density at radius 2 is 1.65 bits per heavy atom. The van der Waals surface area contributed by atoms with Gasteiger partial charge in [0.05, 0.1) is 0 Å². The number of carbonyl (C=O) groups is 1. The van der Waals surface area contributed by atoms with Gasteiger partial charge in [-0.05, 0) is 38.0 Å². The van der Waals surface area contributed by atoms with Crippen LogP contribution in [0.4, 0.5) is 22.0 Å². The first-order valence-corrected chi connectivity index (χ1v) is 14.4. The number of nitrogens with one attached hydrogen (secondary N) is 1. The van der Waals surface area contributed by atoms with Crippen LogP contribution in [-0.2, 0) is 29.1 Å². The number of hydrogen-bond acceptors (Lipinski definition) is 6. The minimum Gasteiger partial charge on any atom is -0.381 e. The van der Waals surface area contributed by atoms with Gasteiger partial charge in [0, 0.05) is 58.6 Å². The molecule has 0 aliphatic carbocycles. The van der Waals surface area contributed by atoms with Crippen LogP contribution in [-0.4, -0.2) is 74.7 Å². The molecule has 1 atom stereocenters. The van der Waals surface area contributed by atoms with E-state index in [1.807, 2.05) is 0 Å². The molecular weight excluding hydrogens is 527 g/mol. The van der Waals surface area contributed by atoms with Gasteiger partial charge >= 0.3 is 12.1 Å². The highest BCUT2D eigenvalue weighted by molar-refractivity contribution is 7.91. The summed E-state index contributed by atoms with van der Waals surface area (Å²) >= 11 is 0. The number of carbonyl (C=O) groups excluding carboxylic acids is 1. The fraction of sp³-hybridized carbons (Fsp3) is 0.957. The van der Waals surface area contributed by atoms with Crippen molar-refractivity contribution in [1.29, 1.82) is 0 Å². The first kappa shape index (κ1) is 30.5. The molecule has 0 aromatic heterocycles. The maximum Gasteiger partial charge on any atom is 0.453 e. The molecule has 1 unspecified atom stereocenters. The van der Waals surface area contributed by atoms with Gasteiger partial charge in [-0.2, -0.15) is 22.0 Å². The summed E-state index contributed by atoms with van der Waals surface area (Å²) in [7, 11) is -4.05. The lowest BCUT2D eigenvalue weighted by molar-refractivity contribution is -0.284. The summed E-state index contributed by atoms with van der Waals surface area (Å²) in [6.07, 6.45) is -2.80. The van der Waals surface area contributed by atoms with Crippen molar-refractivity contribution in [1.82, 2.24) is 9.79 Å².